The number of ketones is 1. The molecule has 4 heteroatoms. The van der Waals surface area contributed by atoms with E-state index >= 15 is 0 Å². The molecule has 1 unspecified atom stereocenters. The number of allylic oxidation sites excluding steroid dienone is 1. The van der Waals surface area contributed by atoms with E-state index < -0.39 is 11.9 Å². The standard InChI is InChI=1S/C11H8ClFO2/c12-9-2-1-7(5-10(9)13)11-6-8(14)3-4-15-11/h1-5,11H,6H2. The SMILES string of the molecule is O=C1C=COC(c2ccc(Cl)c(F)c2)C1. The monoisotopic (exact) mass is 226 g/mol. The van der Waals surface area contributed by atoms with Crippen LogP contribution in [0.25, 0.3) is 0 Å². The van der Waals surface area contributed by atoms with Crippen LogP contribution >= 0.6 is 11.6 Å². The average Bonchev–Trinajstić information content (AvgIpc) is 2.22. The third-order valence-corrected chi connectivity index (χ3v) is 2.51. The van der Waals surface area contributed by atoms with E-state index in [0.717, 1.165) is 0 Å². The van der Waals surface area contributed by atoms with Crippen LogP contribution in [0.3, 0.4) is 0 Å². The lowest BCUT2D eigenvalue weighted by molar-refractivity contribution is -0.118. The van der Waals surface area contributed by atoms with Crippen LogP contribution in [0.5, 0.6) is 0 Å². The van der Waals surface area contributed by atoms with Gasteiger partial charge in [0, 0.05) is 6.08 Å². The third-order valence-electron chi connectivity index (χ3n) is 2.20. The van der Waals surface area contributed by atoms with Gasteiger partial charge in [-0.05, 0) is 17.7 Å². The number of rotatable bonds is 1. The van der Waals surface area contributed by atoms with Crippen LogP contribution < -0.4 is 0 Å². The topological polar surface area (TPSA) is 26.3 Å². The fourth-order valence-corrected chi connectivity index (χ4v) is 1.54. The van der Waals surface area contributed by atoms with Gasteiger partial charge in [-0.2, -0.15) is 0 Å². The highest BCUT2D eigenvalue weighted by Crippen LogP contribution is 2.27. The van der Waals surface area contributed by atoms with Gasteiger partial charge in [-0.1, -0.05) is 17.7 Å². The number of hydrogen-bond donors (Lipinski definition) is 0. The van der Waals surface area contributed by atoms with Gasteiger partial charge in [0.2, 0.25) is 0 Å². The summed E-state index contributed by atoms with van der Waals surface area (Å²) in [4.78, 5) is 11.1. The van der Waals surface area contributed by atoms with Crippen LogP contribution in [0.2, 0.25) is 5.02 Å². The average molecular weight is 227 g/mol. The number of benzene rings is 1. The van der Waals surface area contributed by atoms with E-state index in [0.29, 0.717) is 5.56 Å². The molecule has 0 fully saturated rings. The number of carbonyl (C=O) groups excluding carboxylic acids is 1. The molecule has 1 aliphatic rings. The lowest BCUT2D eigenvalue weighted by atomic mass is 10.0. The van der Waals surface area contributed by atoms with E-state index in [1.807, 2.05) is 0 Å². The van der Waals surface area contributed by atoms with Crippen molar-refractivity contribution in [2.45, 2.75) is 12.5 Å². The second kappa shape index (κ2) is 4.03. The van der Waals surface area contributed by atoms with Crippen molar-refractivity contribution in [2.75, 3.05) is 0 Å². The first-order valence-corrected chi connectivity index (χ1v) is 4.84. The molecule has 0 saturated carbocycles. The van der Waals surface area contributed by atoms with Crippen LogP contribution in [-0.4, -0.2) is 5.78 Å². The second-order valence-corrected chi connectivity index (χ2v) is 3.68. The van der Waals surface area contributed by atoms with E-state index in [9.17, 15) is 9.18 Å². The molecular formula is C11H8ClFO2. The molecular weight excluding hydrogens is 219 g/mol. The Bertz CT molecular complexity index is 429. The summed E-state index contributed by atoms with van der Waals surface area (Å²) in [7, 11) is 0. The van der Waals surface area contributed by atoms with Crippen LogP contribution in [-0.2, 0) is 9.53 Å². The van der Waals surface area contributed by atoms with E-state index in [1.165, 1.54) is 24.5 Å². The van der Waals surface area contributed by atoms with Crippen LogP contribution in [0.15, 0.2) is 30.5 Å². The minimum Gasteiger partial charge on any atom is -0.493 e. The normalized spacial score (nSPS) is 20.1. The molecule has 78 valence electrons. The number of hydrogen-bond acceptors (Lipinski definition) is 2. The zero-order valence-corrected chi connectivity index (χ0v) is 8.50. The molecule has 0 bridgehead atoms. The molecule has 1 aromatic carbocycles. The van der Waals surface area contributed by atoms with E-state index in [1.54, 1.807) is 6.07 Å². The first-order chi connectivity index (χ1) is 7.16. The summed E-state index contributed by atoms with van der Waals surface area (Å²) >= 11 is 5.55. The summed E-state index contributed by atoms with van der Waals surface area (Å²) in [5.41, 5.74) is 0.620. The van der Waals surface area contributed by atoms with Crippen molar-refractivity contribution >= 4 is 17.4 Å². The van der Waals surface area contributed by atoms with Crippen molar-refractivity contribution in [3.63, 3.8) is 0 Å². The molecule has 15 heavy (non-hydrogen) atoms. The molecule has 0 amide bonds. The predicted octanol–water partition coefficient (Wildman–Crippen LogP) is 3.02. The van der Waals surface area contributed by atoms with Crippen molar-refractivity contribution < 1.29 is 13.9 Å². The highest BCUT2D eigenvalue weighted by molar-refractivity contribution is 6.30. The Kier molecular flexibility index (Phi) is 2.73. The summed E-state index contributed by atoms with van der Waals surface area (Å²) in [5.74, 6) is -0.527. The molecule has 1 aliphatic heterocycles. The lowest BCUT2D eigenvalue weighted by Gasteiger charge is -2.18. The second-order valence-electron chi connectivity index (χ2n) is 3.27. The van der Waals surface area contributed by atoms with Crippen molar-refractivity contribution in [1.29, 1.82) is 0 Å². The molecule has 0 N–H and O–H groups in total. The summed E-state index contributed by atoms with van der Waals surface area (Å²) in [6.07, 6.45) is 2.53. The third kappa shape index (κ3) is 2.18. The van der Waals surface area contributed by atoms with Crippen molar-refractivity contribution in [1.82, 2.24) is 0 Å². The first-order valence-electron chi connectivity index (χ1n) is 4.46. The summed E-state index contributed by atoms with van der Waals surface area (Å²) in [5, 5.41) is 0.0661. The summed E-state index contributed by atoms with van der Waals surface area (Å²) < 4.78 is 18.4. The maximum Gasteiger partial charge on any atom is 0.162 e. The van der Waals surface area contributed by atoms with Gasteiger partial charge in [0.05, 0.1) is 17.7 Å². The zero-order chi connectivity index (χ0) is 10.8. The smallest absolute Gasteiger partial charge is 0.162 e. The largest absolute Gasteiger partial charge is 0.493 e. The Hall–Kier alpha value is -1.35. The highest BCUT2D eigenvalue weighted by atomic mass is 35.5. The molecule has 0 aliphatic carbocycles. The Morgan fingerprint density at radius 2 is 2.27 bits per heavy atom. The highest BCUT2D eigenvalue weighted by Gasteiger charge is 2.19. The van der Waals surface area contributed by atoms with E-state index in [2.05, 4.69) is 0 Å². The number of ether oxygens (including phenoxy) is 1. The molecule has 2 rings (SSSR count). The summed E-state index contributed by atoms with van der Waals surface area (Å²) in [6, 6.07) is 4.40. The predicted molar refractivity (Wildman–Crippen MR) is 54.0 cm³/mol. The zero-order valence-electron chi connectivity index (χ0n) is 7.74. The fourth-order valence-electron chi connectivity index (χ4n) is 1.42. The number of carbonyl (C=O) groups is 1. The Morgan fingerprint density at radius 3 is 2.93 bits per heavy atom. The quantitative estimate of drug-likeness (QED) is 0.736. The molecule has 0 aromatic heterocycles. The van der Waals surface area contributed by atoms with Crippen molar-refractivity contribution in [2.24, 2.45) is 0 Å². The maximum atomic E-state index is 13.1. The minimum absolute atomic E-state index is 0.0263. The summed E-state index contributed by atoms with van der Waals surface area (Å²) in [6.45, 7) is 0. The van der Waals surface area contributed by atoms with E-state index in [-0.39, 0.29) is 17.2 Å². The first kappa shape index (κ1) is 10.2. The van der Waals surface area contributed by atoms with Crippen molar-refractivity contribution in [3.05, 3.63) is 46.9 Å². The molecule has 1 atom stereocenters. The van der Waals surface area contributed by atoms with Gasteiger partial charge in [-0.3, -0.25) is 4.79 Å². The maximum absolute atomic E-state index is 13.1. The Labute approximate surface area is 91.3 Å². The van der Waals surface area contributed by atoms with Crippen LogP contribution in [0, 0.1) is 5.82 Å². The number of halogens is 2. The Balaban J connectivity index is 2.26. The van der Waals surface area contributed by atoms with Gasteiger partial charge in [-0.15, -0.1) is 0 Å². The lowest BCUT2D eigenvalue weighted by Crippen LogP contribution is -2.11. The van der Waals surface area contributed by atoms with Gasteiger partial charge in [0.15, 0.2) is 5.78 Å². The van der Waals surface area contributed by atoms with Gasteiger partial charge in [-0.25, -0.2) is 4.39 Å². The Morgan fingerprint density at radius 1 is 1.47 bits per heavy atom. The van der Waals surface area contributed by atoms with Gasteiger partial charge in [0.25, 0.3) is 0 Å². The van der Waals surface area contributed by atoms with Crippen LogP contribution in [0.4, 0.5) is 4.39 Å². The van der Waals surface area contributed by atoms with E-state index in [4.69, 9.17) is 16.3 Å². The molecule has 1 aromatic rings. The van der Waals surface area contributed by atoms with Gasteiger partial charge < -0.3 is 4.74 Å². The van der Waals surface area contributed by atoms with Gasteiger partial charge >= 0.3 is 0 Å². The minimum atomic E-state index is -0.500. The van der Waals surface area contributed by atoms with Crippen LogP contribution in [0.1, 0.15) is 18.1 Å². The molecule has 1 heterocycles. The van der Waals surface area contributed by atoms with Crippen molar-refractivity contribution in [3.8, 4) is 0 Å². The molecule has 0 saturated heterocycles. The molecule has 0 spiro atoms. The fraction of sp³-hybridized carbons (Fsp3) is 0.182. The van der Waals surface area contributed by atoms with Gasteiger partial charge in [0.1, 0.15) is 11.9 Å². The molecule has 0 radical (unpaired) electrons. The molecule has 2 nitrogen and oxygen atoms in total.